The van der Waals surface area contributed by atoms with Crippen LogP contribution in [0.5, 0.6) is 0 Å². The molecule has 0 N–H and O–H groups in total. The molecule has 0 aliphatic rings. The van der Waals surface area contributed by atoms with Gasteiger partial charge in [0.15, 0.2) is 0 Å². The summed E-state index contributed by atoms with van der Waals surface area (Å²) in [5.74, 6) is 0. The van der Waals surface area contributed by atoms with Crippen LogP contribution >= 0.6 is 0 Å². The van der Waals surface area contributed by atoms with E-state index in [4.69, 9.17) is 0 Å². The minimum absolute atomic E-state index is 0.391. The molecular weight excluding hydrogens is 136 g/mol. The van der Waals surface area contributed by atoms with Gasteiger partial charge in [-0.1, -0.05) is 12.7 Å². The molecule has 0 atom stereocenters. The number of rotatable bonds is 4. The standard InChI is InChI=1S/C9H16N2/c1-5-7-8-11(9(3)4)10-6-2/h5-9H,1H2,2-4H3/b8-7-,10-6-. The van der Waals surface area contributed by atoms with Crippen molar-refractivity contribution in [2.75, 3.05) is 0 Å². The number of nitrogens with zero attached hydrogens (tertiary/aromatic N) is 2. The molecule has 0 saturated heterocycles. The second kappa shape index (κ2) is 5.71. The number of hydrogen-bond acceptors (Lipinski definition) is 2. The molecule has 0 aromatic heterocycles. The van der Waals surface area contributed by atoms with E-state index in [9.17, 15) is 0 Å². The van der Waals surface area contributed by atoms with E-state index in [2.05, 4.69) is 25.5 Å². The molecule has 0 aliphatic carbocycles. The summed E-state index contributed by atoms with van der Waals surface area (Å²) in [5.41, 5.74) is 0. The van der Waals surface area contributed by atoms with Gasteiger partial charge in [-0.05, 0) is 26.8 Å². The van der Waals surface area contributed by atoms with E-state index >= 15 is 0 Å². The quantitative estimate of drug-likeness (QED) is 0.343. The molecule has 0 unspecified atom stereocenters. The minimum atomic E-state index is 0.391. The minimum Gasteiger partial charge on any atom is -0.271 e. The summed E-state index contributed by atoms with van der Waals surface area (Å²) < 4.78 is 0. The van der Waals surface area contributed by atoms with E-state index in [1.165, 1.54) is 0 Å². The highest BCUT2D eigenvalue weighted by molar-refractivity contribution is 5.52. The molecule has 11 heavy (non-hydrogen) atoms. The lowest BCUT2D eigenvalue weighted by molar-refractivity contribution is 0.329. The molecule has 62 valence electrons. The zero-order valence-electron chi connectivity index (χ0n) is 7.49. The van der Waals surface area contributed by atoms with Gasteiger partial charge in [-0.3, -0.25) is 5.01 Å². The summed E-state index contributed by atoms with van der Waals surface area (Å²) in [7, 11) is 0. The maximum absolute atomic E-state index is 4.13. The Balaban J connectivity index is 4.10. The molecule has 0 aliphatic heterocycles. The van der Waals surface area contributed by atoms with Crippen LogP contribution in [0.3, 0.4) is 0 Å². The topological polar surface area (TPSA) is 15.6 Å². The highest BCUT2D eigenvalue weighted by Crippen LogP contribution is 1.98. The zero-order valence-corrected chi connectivity index (χ0v) is 7.49. The average Bonchev–Trinajstić information content (AvgIpc) is 1.97. The van der Waals surface area contributed by atoms with E-state index in [1.807, 2.05) is 24.2 Å². The Hall–Kier alpha value is -1.05. The van der Waals surface area contributed by atoms with Crippen LogP contribution in [0.2, 0.25) is 0 Å². The molecule has 0 amide bonds. The van der Waals surface area contributed by atoms with Crippen LogP contribution < -0.4 is 0 Å². The summed E-state index contributed by atoms with van der Waals surface area (Å²) in [6, 6.07) is 0.391. The molecule has 0 saturated carbocycles. The molecule has 0 radical (unpaired) electrons. The van der Waals surface area contributed by atoms with Gasteiger partial charge >= 0.3 is 0 Å². The first-order chi connectivity index (χ1) is 5.22. The van der Waals surface area contributed by atoms with Gasteiger partial charge in [0, 0.05) is 18.5 Å². The molecule has 2 heteroatoms. The molecule has 0 bridgehead atoms. The predicted molar refractivity (Wildman–Crippen MR) is 50.5 cm³/mol. The van der Waals surface area contributed by atoms with Crippen LogP contribution in [-0.2, 0) is 0 Å². The van der Waals surface area contributed by atoms with Gasteiger partial charge in [-0.15, -0.1) is 0 Å². The van der Waals surface area contributed by atoms with Crippen molar-refractivity contribution in [1.82, 2.24) is 5.01 Å². The van der Waals surface area contributed by atoms with Gasteiger partial charge in [0.25, 0.3) is 0 Å². The molecule has 0 aromatic rings. The largest absolute Gasteiger partial charge is 0.271 e. The Kier molecular flexibility index (Phi) is 5.17. The number of allylic oxidation sites excluding steroid dienone is 2. The van der Waals surface area contributed by atoms with Crippen molar-refractivity contribution < 1.29 is 0 Å². The second-order valence-electron chi connectivity index (χ2n) is 2.42. The summed E-state index contributed by atoms with van der Waals surface area (Å²) >= 11 is 0. The van der Waals surface area contributed by atoms with Crippen LogP contribution in [0, 0.1) is 0 Å². The lowest BCUT2D eigenvalue weighted by atomic mass is 10.4. The SMILES string of the molecule is C=C/C=C\N(/N=C\C)C(C)C. The smallest absolute Gasteiger partial charge is 0.0462 e. The van der Waals surface area contributed by atoms with E-state index in [1.54, 1.807) is 12.3 Å². The summed E-state index contributed by atoms with van der Waals surface area (Å²) in [4.78, 5) is 0. The lowest BCUT2D eigenvalue weighted by Gasteiger charge is -2.17. The van der Waals surface area contributed by atoms with E-state index < -0.39 is 0 Å². The van der Waals surface area contributed by atoms with Gasteiger partial charge < -0.3 is 0 Å². The third-order valence-electron chi connectivity index (χ3n) is 1.15. The Morgan fingerprint density at radius 2 is 2.09 bits per heavy atom. The van der Waals surface area contributed by atoms with Crippen molar-refractivity contribution in [3.8, 4) is 0 Å². The summed E-state index contributed by atoms with van der Waals surface area (Å²) in [5, 5.41) is 6.01. The average molecular weight is 152 g/mol. The Labute approximate surface area is 68.9 Å². The van der Waals surface area contributed by atoms with Gasteiger partial charge in [0.2, 0.25) is 0 Å². The van der Waals surface area contributed by atoms with Crippen LogP contribution in [0.4, 0.5) is 0 Å². The molecular formula is C9H16N2. The normalized spacial score (nSPS) is 11.6. The highest BCUT2D eigenvalue weighted by Gasteiger charge is 1.98. The van der Waals surface area contributed by atoms with Crippen molar-refractivity contribution in [2.24, 2.45) is 5.10 Å². The third-order valence-corrected chi connectivity index (χ3v) is 1.15. The Bertz CT molecular complexity index is 157. The van der Waals surface area contributed by atoms with Crippen LogP contribution in [0.15, 0.2) is 30.0 Å². The molecule has 0 rings (SSSR count). The molecule has 0 heterocycles. The first kappa shape index (κ1) is 9.95. The van der Waals surface area contributed by atoms with Crippen LogP contribution in [-0.4, -0.2) is 17.3 Å². The lowest BCUT2D eigenvalue weighted by Crippen LogP contribution is -2.18. The predicted octanol–water partition coefficient (Wildman–Crippen LogP) is 2.40. The molecule has 2 nitrogen and oxygen atoms in total. The van der Waals surface area contributed by atoms with Gasteiger partial charge in [-0.25, -0.2) is 0 Å². The first-order valence-electron chi connectivity index (χ1n) is 3.78. The van der Waals surface area contributed by atoms with Crippen molar-refractivity contribution in [1.29, 1.82) is 0 Å². The van der Waals surface area contributed by atoms with Gasteiger partial charge in [0.05, 0.1) is 0 Å². The zero-order chi connectivity index (χ0) is 8.69. The van der Waals surface area contributed by atoms with E-state index in [-0.39, 0.29) is 0 Å². The van der Waals surface area contributed by atoms with Crippen LogP contribution in [0.25, 0.3) is 0 Å². The molecule has 0 fully saturated rings. The maximum atomic E-state index is 4.13. The first-order valence-corrected chi connectivity index (χ1v) is 3.78. The fourth-order valence-electron chi connectivity index (χ4n) is 0.626. The Morgan fingerprint density at radius 1 is 1.45 bits per heavy atom. The fraction of sp³-hybridized carbons (Fsp3) is 0.444. The van der Waals surface area contributed by atoms with Crippen molar-refractivity contribution >= 4 is 6.21 Å². The number of hydrazone groups is 1. The van der Waals surface area contributed by atoms with E-state index in [0.29, 0.717) is 6.04 Å². The highest BCUT2D eigenvalue weighted by atomic mass is 15.4. The number of hydrogen-bond donors (Lipinski definition) is 0. The van der Waals surface area contributed by atoms with Crippen LogP contribution in [0.1, 0.15) is 20.8 Å². The summed E-state index contributed by atoms with van der Waals surface area (Å²) in [6.45, 7) is 9.65. The fourth-order valence-corrected chi connectivity index (χ4v) is 0.626. The van der Waals surface area contributed by atoms with E-state index in [0.717, 1.165) is 0 Å². The Morgan fingerprint density at radius 3 is 2.45 bits per heavy atom. The van der Waals surface area contributed by atoms with Crippen molar-refractivity contribution in [3.05, 3.63) is 24.9 Å². The van der Waals surface area contributed by atoms with Gasteiger partial charge in [-0.2, -0.15) is 5.10 Å². The molecule has 0 aromatic carbocycles. The second-order valence-corrected chi connectivity index (χ2v) is 2.42. The molecule has 0 spiro atoms. The summed E-state index contributed by atoms with van der Waals surface area (Å²) in [6.07, 6.45) is 7.28. The maximum Gasteiger partial charge on any atom is 0.0462 e. The third kappa shape index (κ3) is 4.37. The van der Waals surface area contributed by atoms with Crippen molar-refractivity contribution in [3.63, 3.8) is 0 Å². The monoisotopic (exact) mass is 152 g/mol. The van der Waals surface area contributed by atoms with Gasteiger partial charge in [0.1, 0.15) is 0 Å². The van der Waals surface area contributed by atoms with Crippen molar-refractivity contribution in [2.45, 2.75) is 26.8 Å².